The summed E-state index contributed by atoms with van der Waals surface area (Å²) in [6, 6.07) is 3.14. The Morgan fingerprint density at radius 2 is 2.25 bits per heavy atom. The maximum absolute atomic E-state index is 9.21. The lowest BCUT2D eigenvalue weighted by Gasteiger charge is -1.92. The van der Waals surface area contributed by atoms with E-state index >= 15 is 0 Å². The van der Waals surface area contributed by atoms with Crippen LogP contribution < -0.4 is 0 Å². The molecule has 1 aromatic carbocycles. The Labute approximate surface area is 77.2 Å². The molecule has 12 heavy (non-hydrogen) atoms. The Kier molecular flexibility index (Phi) is 1.58. The highest BCUT2D eigenvalue weighted by Gasteiger charge is 2.07. The Morgan fingerprint density at radius 1 is 1.50 bits per heavy atom. The minimum atomic E-state index is 0.183. The first-order chi connectivity index (χ1) is 5.66. The summed E-state index contributed by atoms with van der Waals surface area (Å²) in [5.41, 5.74) is 1.34. The van der Waals surface area contributed by atoms with Crippen LogP contribution >= 0.6 is 15.9 Å². The van der Waals surface area contributed by atoms with E-state index in [4.69, 9.17) is 4.42 Å². The molecule has 0 bridgehead atoms. The molecule has 0 atom stereocenters. The Bertz CT molecular complexity index is 436. The van der Waals surface area contributed by atoms with Crippen LogP contribution in [-0.4, -0.2) is 10.1 Å². The average Bonchev–Trinajstić information content (AvgIpc) is 2.29. The molecule has 0 aliphatic heterocycles. The molecule has 0 saturated heterocycles. The number of hydrogen-bond acceptors (Lipinski definition) is 3. The largest absolute Gasteiger partial charge is 0.508 e. The van der Waals surface area contributed by atoms with Crippen molar-refractivity contribution in [1.29, 1.82) is 0 Å². The summed E-state index contributed by atoms with van der Waals surface area (Å²) in [6.45, 7) is 1.77. The summed E-state index contributed by atoms with van der Waals surface area (Å²) in [5.74, 6) is 0.777. The number of halogens is 1. The first kappa shape index (κ1) is 7.61. The van der Waals surface area contributed by atoms with Gasteiger partial charge >= 0.3 is 0 Å². The van der Waals surface area contributed by atoms with Gasteiger partial charge in [0.05, 0.1) is 4.47 Å². The van der Waals surface area contributed by atoms with Gasteiger partial charge in [-0.05, 0) is 22.0 Å². The van der Waals surface area contributed by atoms with Gasteiger partial charge in [0, 0.05) is 13.0 Å². The van der Waals surface area contributed by atoms with Crippen molar-refractivity contribution in [3.63, 3.8) is 0 Å². The molecule has 2 aromatic rings. The van der Waals surface area contributed by atoms with Gasteiger partial charge in [-0.1, -0.05) is 0 Å². The topological polar surface area (TPSA) is 46.3 Å². The van der Waals surface area contributed by atoms with E-state index in [0.717, 1.165) is 4.47 Å². The van der Waals surface area contributed by atoms with Gasteiger partial charge in [-0.25, -0.2) is 4.98 Å². The molecule has 3 nitrogen and oxygen atoms in total. The normalized spacial score (nSPS) is 10.8. The quantitative estimate of drug-likeness (QED) is 0.753. The van der Waals surface area contributed by atoms with E-state index in [2.05, 4.69) is 20.9 Å². The summed E-state index contributed by atoms with van der Waals surface area (Å²) in [4.78, 5) is 4.08. The summed E-state index contributed by atoms with van der Waals surface area (Å²) in [6.07, 6.45) is 0. The van der Waals surface area contributed by atoms with Crippen molar-refractivity contribution >= 4 is 27.0 Å². The van der Waals surface area contributed by atoms with Gasteiger partial charge in [-0.2, -0.15) is 0 Å². The van der Waals surface area contributed by atoms with E-state index < -0.39 is 0 Å². The molecule has 1 N–H and O–H groups in total. The van der Waals surface area contributed by atoms with Crippen LogP contribution in [0.1, 0.15) is 5.89 Å². The molecule has 62 valence electrons. The van der Waals surface area contributed by atoms with Crippen LogP contribution in [0.15, 0.2) is 21.0 Å². The van der Waals surface area contributed by atoms with Crippen molar-refractivity contribution in [2.24, 2.45) is 0 Å². The SMILES string of the molecule is Cc1nc2cc(O)cc(Br)c2o1. The first-order valence-corrected chi connectivity index (χ1v) is 4.22. The Balaban J connectivity index is 2.88. The average molecular weight is 228 g/mol. The number of aromatic nitrogens is 1. The lowest BCUT2D eigenvalue weighted by atomic mass is 10.3. The van der Waals surface area contributed by atoms with Crippen LogP contribution in [-0.2, 0) is 0 Å². The number of phenolic OH excluding ortho intramolecular Hbond substituents is 1. The molecule has 0 amide bonds. The molecule has 0 spiro atoms. The van der Waals surface area contributed by atoms with E-state index in [0.29, 0.717) is 17.0 Å². The van der Waals surface area contributed by atoms with Crippen LogP contribution in [0, 0.1) is 6.92 Å². The molecule has 2 rings (SSSR count). The zero-order chi connectivity index (χ0) is 8.72. The van der Waals surface area contributed by atoms with Gasteiger partial charge in [-0.15, -0.1) is 0 Å². The van der Waals surface area contributed by atoms with Crippen LogP contribution in [0.2, 0.25) is 0 Å². The third-order valence-electron chi connectivity index (χ3n) is 1.54. The molecule has 1 heterocycles. The lowest BCUT2D eigenvalue weighted by Crippen LogP contribution is -1.70. The summed E-state index contributed by atoms with van der Waals surface area (Å²) in [7, 11) is 0. The minimum Gasteiger partial charge on any atom is -0.508 e. The number of aromatic hydroxyl groups is 1. The summed E-state index contributed by atoms with van der Waals surface area (Å²) < 4.78 is 6.01. The highest BCUT2D eigenvalue weighted by Crippen LogP contribution is 2.28. The molecular weight excluding hydrogens is 222 g/mol. The molecule has 1 aromatic heterocycles. The molecule has 0 fully saturated rings. The molecule has 0 aliphatic rings. The van der Waals surface area contributed by atoms with Gasteiger partial charge in [0.15, 0.2) is 11.5 Å². The highest BCUT2D eigenvalue weighted by atomic mass is 79.9. The molecular formula is C8H6BrNO2. The van der Waals surface area contributed by atoms with E-state index in [1.54, 1.807) is 19.1 Å². The van der Waals surface area contributed by atoms with Crippen LogP contribution in [0.5, 0.6) is 5.75 Å². The molecule has 0 unspecified atom stereocenters. The fourth-order valence-electron chi connectivity index (χ4n) is 1.09. The number of fused-ring (bicyclic) bond motifs is 1. The Hall–Kier alpha value is -1.03. The second kappa shape index (κ2) is 2.48. The van der Waals surface area contributed by atoms with Crippen molar-refractivity contribution < 1.29 is 9.52 Å². The summed E-state index contributed by atoms with van der Waals surface area (Å²) in [5, 5.41) is 9.21. The monoisotopic (exact) mass is 227 g/mol. The fraction of sp³-hybridized carbons (Fsp3) is 0.125. The standard InChI is InChI=1S/C8H6BrNO2/c1-4-10-7-3-5(11)2-6(9)8(7)12-4/h2-3,11H,1H3. The highest BCUT2D eigenvalue weighted by molar-refractivity contribution is 9.10. The van der Waals surface area contributed by atoms with Crippen molar-refractivity contribution in [3.8, 4) is 5.75 Å². The predicted molar refractivity (Wildman–Crippen MR) is 48.1 cm³/mol. The molecule has 0 aliphatic carbocycles. The number of nitrogens with zero attached hydrogens (tertiary/aromatic N) is 1. The zero-order valence-electron chi connectivity index (χ0n) is 6.34. The number of oxazole rings is 1. The van der Waals surface area contributed by atoms with Crippen molar-refractivity contribution in [3.05, 3.63) is 22.5 Å². The van der Waals surface area contributed by atoms with Crippen molar-refractivity contribution in [1.82, 2.24) is 4.98 Å². The van der Waals surface area contributed by atoms with Gasteiger partial charge in [0.1, 0.15) is 11.3 Å². The van der Waals surface area contributed by atoms with Crippen LogP contribution in [0.4, 0.5) is 0 Å². The van der Waals surface area contributed by atoms with Crippen molar-refractivity contribution in [2.75, 3.05) is 0 Å². The van der Waals surface area contributed by atoms with E-state index in [1.165, 1.54) is 0 Å². The second-order valence-corrected chi connectivity index (χ2v) is 3.36. The van der Waals surface area contributed by atoms with E-state index in [-0.39, 0.29) is 5.75 Å². The lowest BCUT2D eigenvalue weighted by molar-refractivity contribution is 0.475. The van der Waals surface area contributed by atoms with Crippen LogP contribution in [0.25, 0.3) is 11.1 Å². The smallest absolute Gasteiger partial charge is 0.192 e. The number of aryl methyl sites for hydroxylation is 1. The van der Waals surface area contributed by atoms with Crippen molar-refractivity contribution in [2.45, 2.75) is 6.92 Å². The van der Waals surface area contributed by atoms with Gasteiger partial charge < -0.3 is 9.52 Å². The van der Waals surface area contributed by atoms with E-state index in [1.807, 2.05) is 0 Å². The first-order valence-electron chi connectivity index (χ1n) is 3.42. The third kappa shape index (κ3) is 1.08. The second-order valence-electron chi connectivity index (χ2n) is 2.51. The number of phenols is 1. The minimum absolute atomic E-state index is 0.183. The zero-order valence-corrected chi connectivity index (χ0v) is 7.92. The predicted octanol–water partition coefficient (Wildman–Crippen LogP) is 2.60. The maximum Gasteiger partial charge on any atom is 0.192 e. The van der Waals surface area contributed by atoms with Crippen LogP contribution in [0.3, 0.4) is 0 Å². The molecule has 4 heteroatoms. The maximum atomic E-state index is 9.21. The van der Waals surface area contributed by atoms with Gasteiger partial charge in [0.25, 0.3) is 0 Å². The number of rotatable bonds is 0. The Morgan fingerprint density at radius 3 is 3.00 bits per heavy atom. The number of hydrogen-bond donors (Lipinski definition) is 1. The fourth-order valence-corrected chi connectivity index (χ4v) is 1.61. The summed E-state index contributed by atoms with van der Waals surface area (Å²) >= 11 is 3.27. The van der Waals surface area contributed by atoms with Gasteiger partial charge in [-0.3, -0.25) is 0 Å². The number of benzene rings is 1. The third-order valence-corrected chi connectivity index (χ3v) is 2.13. The van der Waals surface area contributed by atoms with Gasteiger partial charge in [0.2, 0.25) is 0 Å². The molecule has 0 saturated carbocycles. The van der Waals surface area contributed by atoms with E-state index in [9.17, 15) is 5.11 Å². The molecule has 0 radical (unpaired) electrons.